The molecule has 156 valence electrons. The van der Waals surface area contributed by atoms with Crippen LogP contribution >= 0.6 is 11.8 Å². The lowest BCUT2D eigenvalue weighted by Crippen LogP contribution is -2.23. The molecule has 0 aliphatic rings. The first-order chi connectivity index (χ1) is 14.4. The molecule has 0 spiro atoms. The number of hydrogen-bond acceptors (Lipinski definition) is 5. The molecule has 0 unspecified atom stereocenters. The van der Waals surface area contributed by atoms with Crippen molar-refractivity contribution in [2.45, 2.75) is 44.1 Å². The molecule has 0 aliphatic carbocycles. The fourth-order valence-electron chi connectivity index (χ4n) is 2.97. The van der Waals surface area contributed by atoms with E-state index < -0.39 is 5.91 Å². The van der Waals surface area contributed by atoms with Crippen LogP contribution in [0, 0.1) is 6.92 Å². The molecule has 3 rings (SSSR count). The van der Waals surface area contributed by atoms with Crippen LogP contribution in [0.15, 0.2) is 53.7 Å². The smallest absolute Gasteiger partial charge is 0.248 e. The number of aromatic nitrogens is 3. The van der Waals surface area contributed by atoms with Crippen molar-refractivity contribution in [1.29, 1.82) is 0 Å². The molecule has 1 aromatic heterocycles. The van der Waals surface area contributed by atoms with Gasteiger partial charge in [-0.15, -0.1) is 10.2 Å². The van der Waals surface area contributed by atoms with Gasteiger partial charge in [0.1, 0.15) is 0 Å². The van der Waals surface area contributed by atoms with Crippen LogP contribution < -0.4 is 11.1 Å². The van der Waals surface area contributed by atoms with Gasteiger partial charge in [-0.05, 0) is 50.6 Å². The standard InChI is InChI=1S/C22H25N5O2S/c1-4-12-27-20(17-7-5-6-14(2)13-17)25-26-22(27)30-15(3)21(29)24-18-10-8-16(9-11-18)19(23)28/h5-11,13,15H,4,12H2,1-3H3,(H2,23,28)(H,24,29)/t15-/m0/s1. The van der Waals surface area contributed by atoms with E-state index in [1.165, 1.54) is 11.8 Å². The fourth-order valence-corrected chi connectivity index (χ4v) is 3.85. The summed E-state index contributed by atoms with van der Waals surface area (Å²) in [6.07, 6.45) is 0.928. The first-order valence-corrected chi connectivity index (χ1v) is 10.6. The lowest BCUT2D eigenvalue weighted by molar-refractivity contribution is -0.115. The average Bonchev–Trinajstić information content (AvgIpc) is 3.11. The number of amides is 2. The van der Waals surface area contributed by atoms with Gasteiger partial charge < -0.3 is 15.6 Å². The van der Waals surface area contributed by atoms with Crippen molar-refractivity contribution >= 4 is 29.3 Å². The van der Waals surface area contributed by atoms with Crippen molar-refractivity contribution < 1.29 is 9.59 Å². The molecule has 8 heteroatoms. The summed E-state index contributed by atoms with van der Waals surface area (Å²) in [6, 6.07) is 14.6. The summed E-state index contributed by atoms with van der Waals surface area (Å²) in [5.74, 6) is 0.143. The number of thioether (sulfide) groups is 1. The van der Waals surface area contributed by atoms with Crippen molar-refractivity contribution in [2.75, 3.05) is 5.32 Å². The molecule has 0 fully saturated rings. The van der Waals surface area contributed by atoms with E-state index in [1.807, 2.05) is 32.0 Å². The number of nitrogens with two attached hydrogens (primary N) is 1. The number of nitrogens with one attached hydrogen (secondary N) is 1. The molecule has 0 bridgehead atoms. The largest absolute Gasteiger partial charge is 0.366 e. The average molecular weight is 424 g/mol. The van der Waals surface area contributed by atoms with Gasteiger partial charge in [-0.3, -0.25) is 9.59 Å². The predicted octanol–water partition coefficient (Wildman–Crippen LogP) is 3.88. The number of rotatable bonds is 8. The van der Waals surface area contributed by atoms with Gasteiger partial charge in [-0.25, -0.2) is 0 Å². The minimum absolute atomic E-state index is 0.157. The Morgan fingerprint density at radius 1 is 1.17 bits per heavy atom. The zero-order valence-corrected chi connectivity index (χ0v) is 18.1. The summed E-state index contributed by atoms with van der Waals surface area (Å²) < 4.78 is 2.06. The third-order valence-electron chi connectivity index (χ3n) is 4.53. The number of aryl methyl sites for hydroxylation is 1. The lowest BCUT2D eigenvalue weighted by atomic mass is 10.1. The Labute approximate surface area is 180 Å². The SMILES string of the molecule is CCCn1c(S[C@@H](C)C(=O)Nc2ccc(C(N)=O)cc2)nnc1-c1cccc(C)c1. The molecule has 0 aliphatic heterocycles. The van der Waals surface area contributed by atoms with Gasteiger partial charge in [-0.2, -0.15) is 0 Å². The minimum atomic E-state index is -0.503. The van der Waals surface area contributed by atoms with Crippen molar-refractivity contribution in [2.24, 2.45) is 5.73 Å². The first-order valence-electron chi connectivity index (χ1n) is 9.76. The summed E-state index contributed by atoms with van der Waals surface area (Å²) in [4.78, 5) is 23.8. The summed E-state index contributed by atoms with van der Waals surface area (Å²) in [7, 11) is 0. The molecule has 2 amide bonds. The second kappa shape index (κ2) is 9.58. The Bertz CT molecular complexity index is 1050. The van der Waals surface area contributed by atoms with E-state index in [1.54, 1.807) is 24.3 Å². The van der Waals surface area contributed by atoms with Gasteiger partial charge in [0.25, 0.3) is 0 Å². The predicted molar refractivity (Wildman–Crippen MR) is 119 cm³/mol. The van der Waals surface area contributed by atoms with E-state index in [9.17, 15) is 9.59 Å². The van der Waals surface area contributed by atoms with E-state index >= 15 is 0 Å². The van der Waals surface area contributed by atoms with Gasteiger partial charge in [-0.1, -0.05) is 42.4 Å². The van der Waals surface area contributed by atoms with Crippen LogP contribution in [0.1, 0.15) is 36.2 Å². The van der Waals surface area contributed by atoms with E-state index in [0.29, 0.717) is 16.4 Å². The van der Waals surface area contributed by atoms with Gasteiger partial charge in [0.2, 0.25) is 11.8 Å². The molecule has 7 nitrogen and oxygen atoms in total. The number of benzene rings is 2. The Kier molecular flexibility index (Phi) is 6.89. The lowest BCUT2D eigenvalue weighted by Gasteiger charge is -2.13. The summed E-state index contributed by atoms with van der Waals surface area (Å²) in [5, 5.41) is 11.9. The van der Waals surface area contributed by atoms with Crippen LogP contribution in [-0.2, 0) is 11.3 Å². The highest BCUT2D eigenvalue weighted by molar-refractivity contribution is 8.00. The van der Waals surface area contributed by atoms with Crippen LogP contribution in [0.2, 0.25) is 0 Å². The minimum Gasteiger partial charge on any atom is -0.366 e. The maximum Gasteiger partial charge on any atom is 0.248 e. The highest BCUT2D eigenvalue weighted by atomic mass is 32.2. The number of carbonyl (C=O) groups is 2. The quantitative estimate of drug-likeness (QED) is 0.535. The van der Waals surface area contributed by atoms with Crippen LogP contribution in [0.4, 0.5) is 5.69 Å². The van der Waals surface area contributed by atoms with Gasteiger partial charge in [0, 0.05) is 23.4 Å². The molecule has 3 N–H and O–H groups in total. The first kappa shape index (κ1) is 21.6. The van der Waals surface area contributed by atoms with Crippen LogP contribution in [0.25, 0.3) is 11.4 Å². The molecule has 30 heavy (non-hydrogen) atoms. The highest BCUT2D eigenvalue weighted by Gasteiger charge is 2.21. The maximum absolute atomic E-state index is 12.6. The Morgan fingerprint density at radius 2 is 1.90 bits per heavy atom. The maximum atomic E-state index is 12.6. The highest BCUT2D eigenvalue weighted by Crippen LogP contribution is 2.28. The monoisotopic (exact) mass is 423 g/mol. The molecule has 3 aromatic rings. The van der Waals surface area contributed by atoms with E-state index in [0.717, 1.165) is 29.9 Å². The molecule has 0 saturated carbocycles. The van der Waals surface area contributed by atoms with Crippen LogP contribution in [0.5, 0.6) is 0 Å². The number of anilines is 1. The second-order valence-electron chi connectivity index (χ2n) is 7.02. The third kappa shape index (κ3) is 5.07. The van der Waals surface area contributed by atoms with E-state index in [-0.39, 0.29) is 11.2 Å². The molecular formula is C22H25N5O2S. The van der Waals surface area contributed by atoms with E-state index in [2.05, 4.69) is 33.1 Å². The zero-order chi connectivity index (χ0) is 21.7. The normalized spacial score (nSPS) is 11.8. The summed E-state index contributed by atoms with van der Waals surface area (Å²) >= 11 is 1.37. The second-order valence-corrected chi connectivity index (χ2v) is 8.33. The number of primary amides is 1. The summed E-state index contributed by atoms with van der Waals surface area (Å²) in [5.41, 5.74) is 8.41. The fraction of sp³-hybridized carbons (Fsp3) is 0.273. The molecule has 2 aromatic carbocycles. The zero-order valence-electron chi connectivity index (χ0n) is 17.3. The number of nitrogens with zero attached hydrogens (tertiary/aromatic N) is 3. The van der Waals surface area contributed by atoms with Crippen LogP contribution in [0.3, 0.4) is 0 Å². The van der Waals surface area contributed by atoms with Gasteiger partial charge in [0.15, 0.2) is 11.0 Å². The number of hydrogen-bond donors (Lipinski definition) is 2. The van der Waals surface area contributed by atoms with Crippen molar-refractivity contribution in [3.05, 3.63) is 59.7 Å². The molecule has 0 saturated heterocycles. The molecular weight excluding hydrogens is 398 g/mol. The van der Waals surface area contributed by atoms with Crippen LogP contribution in [-0.4, -0.2) is 31.8 Å². The molecule has 1 heterocycles. The van der Waals surface area contributed by atoms with Gasteiger partial charge >= 0.3 is 0 Å². The van der Waals surface area contributed by atoms with Gasteiger partial charge in [0.05, 0.1) is 5.25 Å². The third-order valence-corrected chi connectivity index (χ3v) is 5.61. The Balaban J connectivity index is 1.74. The summed E-state index contributed by atoms with van der Waals surface area (Å²) in [6.45, 7) is 6.74. The Morgan fingerprint density at radius 3 is 2.53 bits per heavy atom. The number of carbonyl (C=O) groups excluding carboxylic acids is 2. The topological polar surface area (TPSA) is 103 Å². The molecule has 1 atom stereocenters. The van der Waals surface area contributed by atoms with Crippen molar-refractivity contribution in [3.63, 3.8) is 0 Å². The van der Waals surface area contributed by atoms with Crippen molar-refractivity contribution in [1.82, 2.24) is 14.8 Å². The molecule has 0 radical (unpaired) electrons. The Hall–Kier alpha value is -3.13. The van der Waals surface area contributed by atoms with E-state index in [4.69, 9.17) is 5.73 Å². The van der Waals surface area contributed by atoms with Crippen molar-refractivity contribution in [3.8, 4) is 11.4 Å².